The fraction of sp³-hybridized carbons (Fsp3) is 0.667. The van der Waals surface area contributed by atoms with Gasteiger partial charge in [-0.15, -0.1) is 0 Å². The summed E-state index contributed by atoms with van der Waals surface area (Å²) in [6.07, 6.45) is 13.2. The molecule has 0 amide bonds. The molecule has 146 valence electrons. The molecular formula is C21H29N3O3. The van der Waals surface area contributed by atoms with Crippen molar-refractivity contribution in [2.45, 2.75) is 70.4 Å². The van der Waals surface area contributed by atoms with Gasteiger partial charge in [0.25, 0.3) is 5.56 Å². The van der Waals surface area contributed by atoms with Crippen LogP contribution in [-0.4, -0.2) is 27.3 Å². The smallest absolute Gasteiger partial charge is 0.331 e. The second-order valence-electron chi connectivity index (χ2n) is 8.02. The fourth-order valence-electron chi connectivity index (χ4n) is 4.62. The molecule has 0 spiro atoms. The summed E-state index contributed by atoms with van der Waals surface area (Å²) in [7, 11) is 0. The molecule has 2 aliphatic rings. The first-order chi connectivity index (χ1) is 13.3. The van der Waals surface area contributed by atoms with Gasteiger partial charge in [0.05, 0.1) is 17.1 Å². The Morgan fingerprint density at radius 2 is 1.70 bits per heavy atom. The van der Waals surface area contributed by atoms with E-state index in [4.69, 9.17) is 4.74 Å². The maximum atomic E-state index is 13.4. The molecule has 1 aliphatic heterocycles. The van der Waals surface area contributed by atoms with Gasteiger partial charge in [-0.1, -0.05) is 32.1 Å². The molecule has 1 saturated heterocycles. The van der Waals surface area contributed by atoms with Crippen molar-refractivity contribution in [3.05, 3.63) is 39.3 Å². The molecule has 27 heavy (non-hydrogen) atoms. The average Bonchev–Trinajstić information content (AvgIpc) is 2.67. The minimum absolute atomic E-state index is 0.155. The van der Waals surface area contributed by atoms with E-state index in [1.807, 2.05) is 4.57 Å². The van der Waals surface area contributed by atoms with Crippen LogP contribution in [0.2, 0.25) is 0 Å². The minimum atomic E-state index is -0.175. The summed E-state index contributed by atoms with van der Waals surface area (Å²) in [5.74, 6) is 0.328. The summed E-state index contributed by atoms with van der Waals surface area (Å²) in [6.45, 7) is 1.92. The summed E-state index contributed by atoms with van der Waals surface area (Å²) >= 11 is 0. The van der Waals surface area contributed by atoms with E-state index in [2.05, 4.69) is 4.98 Å². The van der Waals surface area contributed by atoms with Gasteiger partial charge in [-0.2, -0.15) is 0 Å². The summed E-state index contributed by atoms with van der Waals surface area (Å²) in [5, 5.41) is 0.610. The molecule has 0 radical (unpaired) electrons. The maximum absolute atomic E-state index is 13.4. The van der Waals surface area contributed by atoms with E-state index in [0.717, 1.165) is 38.5 Å². The normalized spacial score (nSPS) is 20.4. The first-order valence-electron chi connectivity index (χ1n) is 10.4. The molecule has 6 nitrogen and oxygen atoms in total. The van der Waals surface area contributed by atoms with Crippen LogP contribution in [0.15, 0.2) is 28.0 Å². The fourth-order valence-corrected chi connectivity index (χ4v) is 4.62. The average molecular weight is 371 g/mol. The number of rotatable bonds is 3. The van der Waals surface area contributed by atoms with Gasteiger partial charge in [-0.3, -0.25) is 18.9 Å². The Kier molecular flexibility index (Phi) is 5.72. The predicted molar refractivity (Wildman–Crippen MR) is 105 cm³/mol. The number of ether oxygens (including phenoxy) is 1. The van der Waals surface area contributed by atoms with Gasteiger partial charge in [0.15, 0.2) is 0 Å². The molecule has 4 rings (SSSR count). The number of pyridine rings is 1. The van der Waals surface area contributed by atoms with Crippen LogP contribution in [0.1, 0.15) is 63.8 Å². The quantitative estimate of drug-likeness (QED) is 0.830. The Labute approximate surface area is 159 Å². The van der Waals surface area contributed by atoms with Crippen LogP contribution in [0, 0.1) is 5.92 Å². The van der Waals surface area contributed by atoms with Crippen LogP contribution in [0.25, 0.3) is 10.9 Å². The second kappa shape index (κ2) is 8.38. The summed E-state index contributed by atoms with van der Waals surface area (Å²) in [5.41, 5.74) is 0.366. The van der Waals surface area contributed by atoms with Gasteiger partial charge < -0.3 is 4.74 Å². The number of hydrogen-bond acceptors (Lipinski definition) is 4. The van der Waals surface area contributed by atoms with Gasteiger partial charge in [0, 0.05) is 32.0 Å². The number of aromatic nitrogens is 3. The van der Waals surface area contributed by atoms with Gasteiger partial charge in [0.2, 0.25) is 0 Å². The van der Waals surface area contributed by atoms with Crippen molar-refractivity contribution in [1.82, 2.24) is 14.1 Å². The van der Waals surface area contributed by atoms with Gasteiger partial charge in [-0.05, 0) is 37.7 Å². The minimum Gasteiger partial charge on any atom is -0.381 e. The van der Waals surface area contributed by atoms with E-state index in [1.165, 1.54) is 23.8 Å². The third kappa shape index (κ3) is 3.86. The molecule has 0 atom stereocenters. The largest absolute Gasteiger partial charge is 0.381 e. The molecular weight excluding hydrogens is 342 g/mol. The molecule has 1 saturated carbocycles. The highest BCUT2D eigenvalue weighted by Crippen LogP contribution is 2.27. The lowest BCUT2D eigenvalue weighted by Gasteiger charge is -2.26. The van der Waals surface area contributed by atoms with Gasteiger partial charge >= 0.3 is 5.69 Å². The van der Waals surface area contributed by atoms with Crippen molar-refractivity contribution in [1.29, 1.82) is 0 Å². The summed E-state index contributed by atoms with van der Waals surface area (Å²) in [4.78, 5) is 30.7. The Bertz CT molecular complexity index is 888. The second-order valence-corrected chi connectivity index (χ2v) is 8.02. The molecule has 2 aromatic rings. The van der Waals surface area contributed by atoms with Crippen LogP contribution < -0.4 is 11.2 Å². The lowest BCUT2D eigenvalue weighted by molar-refractivity contribution is 0.0604. The lowest BCUT2D eigenvalue weighted by atomic mass is 9.96. The van der Waals surface area contributed by atoms with E-state index in [1.54, 1.807) is 18.5 Å². The number of fused-ring (bicyclic) bond motifs is 1. The van der Waals surface area contributed by atoms with E-state index in [-0.39, 0.29) is 17.3 Å². The topological polar surface area (TPSA) is 66.1 Å². The van der Waals surface area contributed by atoms with Crippen molar-refractivity contribution in [2.75, 3.05) is 13.2 Å². The maximum Gasteiger partial charge on any atom is 0.331 e. The molecule has 0 N–H and O–H groups in total. The Morgan fingerprint density at radius 1 is 1.00 bits per heavy atom. The molecule has 6 heteroatoms. The molecule has 2 aromatic heterocycles. The number of hydrogen-bond donors (Lipinski definition) is 0. The van der Waals surface area contributed by atoms with Gasteiger partial charge in [0.1, 0.15) is 0 Å². The zero-order valence-corrected chi connectivity index (χ0v) is 15.9. The molecule has 0 unspecified atom stereocenters. The highest BCUT2D eigenvalue weighted by Gasteiger charge is 2.23. The van der Waals surface area contributed by atoms with Crippen molar-refractivity contribution in [2.24, 2.45) is 5.92 Å². The van der Waals surface area contributed by atoms with Crippen molar-refractivity contribution < 1.29 is 4.74 Å². The first kappa shape index (κ1) is 18.4. The van der Waals surface area contributed by atoms with E-state index in [9.17, 15) is 9.59 Å². The van der Waals surface area contributed by atoms with Crippen molar-refractivity contribution >= 4 is 10.9 Å². The monoisotopic (exact) mass is 371 g/mol. The first-order valence-corrected chi connectivity index (χ1v) is 10.4. The van der Waals surface area contributed by atoms with Crippen LogP contribution in [0.3, 0.4) is 0 Å². The van der Waals surface area contributed by atoms with E-state index < -0.39 is 0 Å². The lowest BCUT2D eigenvalue weighted by Crippen LogP contribution is -2.43. The SMILES string of the molecule is O=c1c2ccncc2n(C2CCCCCCC2)c(=O)n1CC1CCOCC1. The Hall–Kier alpha value is -1.95. The molecule has 1 aliphatic carbocycles. The zero-order chi connectivity index (χ0) is 18.6. The molecule has 0 bridgehead atoms. The third-order valence-corrected chi connectivity index (χ3v) is 6.19. The highest BCUT2D eigenvalue weighted by molar-refractivity contribution is 5.76. The molecule has 0 aromatic carbocycles. The summed E-state index contributed by atoms with van der Waals surface area (Å²) < 4.78 is 8.80. The number of nitrogens with zero attached hydrogens (tertiary/aromatic N) is 3. The zero-order valence-electron chi connectivity index (χ0n) is 15.9. The highest BCUT2D eigenvalue weighted by atomic mass is 16.5. The van der Waals surface area contributed by atoms with E-state index >= 15 is 0 Å². The van der Waals surface area contributed by atoms with Gasteiger partial charge in [-0.25, -0.2) is 4.79 Å². The predicted octanol–water partition coefficient (Wildman–Crippen LogP) is 3.27. The Morgan fingerprint density at radius 3 is 2.44 bits per heavy atom. The van der Waals surface area contributed by atoms with Crippen LogP contribution in [-0.2, 0) is 11.3 Å². The van der Waals surface area contributed by atoms with Crippen molar-refractivity contribution in [3.8, 4) is 0 Å². The van der Waals surface area contributed by atoms with Crippen molar-refractivity contribution in [3.63, 3.8) is 0 Å². The van der Waals surface area contributed by atoms with E-state index in [0.29, 0.717) is 36.6 Å². The summed E-state index contributed by atoms with van der Waals surface area (Å²) in [6, 6.07) is 1.92. The Balaban J connectivity index is 1.81. The van der Waals surface area contributed by atoms with Crippen LogP contribution >= 0.6 is 0 Å². The van der Waals surface area contributed by atoms with Crippen LogP contribution in [0.5, 0.6) is 0 Å². The standard InChI is InChI=1S/C21H29N3O3/c25-20-18-8-11-22-14-19(18)24(17-6-4-2-1-3-5-7-17)21(26)23(20)15-16-9-12-27-13-10-16/h8,11,14,16-17H,1-7,9-10,12-13,15H2. The van der Waals surface area contributed by atoms with Crippen LogP contribution in [0.4, 0.5) is 0 Å². The third-order valence-electron chi connectivity index (χ3n) is 6.19. The molecule has 3 heterocycles. The molecule has 2 fully saturated rings.